The zero-order chi connectivity index (χ0) is 14.4. The van der Waals surface area contributed by atoms with Crippen LogP contribution >= 0.6 is 11.3 Å². The van der Waals surface area contributed by atoms with Gasteiger partial charge >= 0.3 is 0 Å². The number of fused-ring (bicyclic) bond motifs is 1. The molecule has 0 saturated carbocycles. The molecule has 1 heterocycles. The molecule has 1 aromatic carbocycles. The molecule has 20 heavy (non-hydrogen) atoms. The standard InChI is InChI=1S/C16H20FNOS/c1-3-5-9-19-11-12-15(10-18-4-2)20-14-8-6-7-13(17)16(12)14/h3,6-8,18H,1,4-5,9-11H2,2H3. The molecule has 108 valence electrons. The average molecular weight is 293 g/mol. The maximum atomic E-state index is 14.1. The minimum atomic E-state index is -0.163. The Balaban J connectivity index is 2.28. The summed E-state index contributed by atoms with van der Waals surface area (Å²) in [5.41, 5.74) is 0.980. The van der Waals surface area contributed by atoms with Crippen LogP contribution in [-0.2, 0) is 17.9 Å². The molecule has 0 aliphatic carbocycles. The molecule has 2 aromatic rings. The summed E-state index contributed by atoms with van der Waals surface area (Å²) in [4.78, 5) is 1.16. The van der Waals surface area contributed by atoms with Crippen molar-refractivity contribution < 1.29 is 9.13 Å². The van der Waals surface area contributed by atoms with Gasteiger partial charge in [-0.05, 0) is 25.1 Å². The summed E-state index contributed by atoms with van der Waals surface area (Å²) in [7, 11) is 0. The fourth-order valence-electron chi connectivity index (χ4n) is 2.09. The van der Waals surface area contributed by atoms with Crippen molar-refractivity contribution in [2.24, 2.45) is 0 Å². The predicted molar refractivity (Wildman–Crippen MR) is 83.6 cm³/mol. The highest BCUT2D eigenvalue weighted by Crippen LogP contribution is 2.33. The normalized spacial score (nSPS) is 11.1. The first-order valence-electron chi connectivity index (χ1n) is 6.86. The number of nitrogens with one attached hydrogen (secondary N) is 1. The molecular weight excluding hydrogens is 273 g/mol. The van der Waals surface area contributed by atoms with Crippen molar-refractivity contribution >= 4 is 21.4 Å². The second kappa shape index (κ2) is 7.53. The van der Waals surface area contributed by atoms with Crippen LogP contribution in [-0.4, -0.2) is 13.2 Å². The fourth-order valence-corrected chi connectivity index (χ4v) is 3.28. The lowest BCUT2D eigenvalue weighted by Gasteiger charge is -2.06. The predicted octanol–water partition coefficient (Wildman–Crippen LogP) is 4.24. The molecule has 0 aliphatic rings. The van der Waals surface area contributed by atoms with E-state index in [1.807, 2.05) is 12.1 Å². The highest BCUT2D eigenvalue weighted by Gasteiger charge is 2.15. The number of thiophene rings is 1. The second-order valence-electron chi connectivity index (χ2n) is 4.53. The first kappa shape index (κ1) is 15.2. The molecule has 1 N–H and O–H groups in total. The van der Waals surface area contributed by atoms with Gasteiger partial charge in [-0.25, -0.2) is 4.39 Å². The monoisotopic (exact) mass is 293 g/mol. The van der Waals surface area contributed by atoms with Crippen molar-refractivity contribution in [1.82, 2.24) is 5.32 Å². The van der Waals surface area contributed by atoms with Crippen LogP contribution in [0, 0.1) is 5.82 Å². The van der Waals surface area contributed by atoms with Gasteiger partial charge in [0.15, 0.2) is 0 Å². The summed E-state index contributed by atoms with van der Waals surface area (Å²) in [5, 5.41) is 4.02. The van der Waals surface area contributed by atoms with E-state index in [2.05, 4.69) is 18.8 Å². The van der Waals surface area contributed by atoms with Gasteiger partial charge in [0.1, 0.15) is 5.82 Å². The van der Waals surface area contributed by atoms with Crippen molar-refractivity contribution in [3.05, 3.63) is 47.1 Å². The van der Waals surface area contributed by atoms with E-state index in [-0.39, 0.29) is 5.82 Å². The smallest absolute Gasteiger partial charge is 0.132 e. The highest BCUT2D eigenvalue weighted by atomic mass is 32.1. The molecule has 0 bridgehead atoms. The van der Waals surface area contributed by atoms with Gasteiger partial charge in [-0.3, -0.25) is 0 Å². The van der Waals surface area contributed by atoms with Crippen LogP contribution in [0.25, 0.3) is 10.1 Å². The van der Waals surface area contributed by atoms with Crippen LogP contribution in [0.15, 0.2) is 30.9 Å². The van der Waals surface area contributed by atoms with E-state index >= 15 is 0 Å². The second-order valence-corrected chi connectivity index (χ2v) is 5.66. The maximum Gasteiger partial charge on any atom is 0.132 e. The van der Waals surface area contributed by atoms with Crippen molar-refractivity contribution in [1.29, 1.82) is 0 Å². The SMILES string of the molecule is C=CCCOCc1c(CNCC)sc2cccc(F)c12. The van der Waals surface area contributed by atoms with Gasteiger partial charge in [-0.1, -0.05) is 19.1 Å². The highest BCUT2D eigenvalue weighted by molar-refractivity contribution is 7.19. The minimum absolute atomic E-state index is 0.163. The summed E-state index contributed by atoms with van der Waals surface area (Å²) < 4.78 is 20.7. The largest absolute Gasteiger partial charge is 0.376 e. The molecule has 2 nitrogen and oxygen atoms in total. The number of ether oxygens (including phenoxy) is 1. The third kappa shape index (κ3) is 3.45. The number of halogens is 1. The lowest BCUT2D eigenvalue weighted by molar-refractivity contribution is 0.126. The van der Waals surface area contributed by atoms with Gasteiger partial charge < -0.3 is 10.1 Å². The quantitative estimate of drug-likeness (QED) is 0.580. The fraction of sp³-hybridized carbons (Fsp3) is 0.375. The minimum Gasteiger partial charge on any atom is -0.376 e. The Morgan fingerprint density at radius 2 is 2.30 bits per heavy atom. The number of hydrogen-bond acceptors (Lipinski definition) is 3. The topological polar surface area (TPSA) is 21.3 Å². The zero-order valence-corrected chi connectivity index (χ0v) is 12.6. The Kier molecular flexibility index (Phi) is 5.71. The van der Waals surface area contributed by atoms with Gasteiger partial charge in [0, 0.05) is 27.1 Å². The first-order chi connectivity index (χ1) is 9.77. The number of hydrogen-bond donors (Lipinski definition) is 1. The molecule has 0 atom stereocenters. The van der Waals surface area contributed by atoms with E-state index in [0.717, 1.165) is 34.7 Å². The van der Waals surface area contributed by atoms with E-state index < -0.39 is 0 Å². The Hall–Kier alpha value is -1.23. The molecule has 0 saturated heterocycles. The third-order valence-electron chi connectivity index (χ3n) is 3.10. The Morgan fingerprint density at radius 1 is 1.45 bits per heavy atom. The van der Waals surface area contributed by atoms with Crippen molar-refractivity contribution in [2.45, 2.75) is 26.5 Å². The molecular formula is C16H20FNOS. The molecule has 1 aromatic heterocycles. The summed E-state index contributed by atoms with van der Waals surface area (Å²) >= 11 is 1.64. The van der Waals surface area contributed by atoms with Crippen LogP contribution in [0.5, 0.6) is 0 Å². The van der Waals surface area contributed by atoms with Crippen LogP contribution in [0.1, 0.15) is 23.8 Å². The van der Waals surface area contributed by atoms with Crippen LogP contribution in [0.3, 0.4) is 0 Å². The Bertz CT molecular complexity index is 579. The van der Waals surface area contributed by atoms with Gasteiger partial charge in [0.25, 0.3) is 0 Å². The van der Waals surface area contributed by atoms with Crippen LogP contribution in [0.2, 0.25) is 0 Å². The van der Waals surface area contributed by atoms with Gasteiger partial charge in [-0.15, -0.1) is 17.9 Å². The van der Waals surface area contributed by atoms with Crippen molar-refractivity contribution in [3.8, 4) is 0 Å². The summed E-state index contributed by atoms with van der Waals surface area (Å²) in [6, 6.07) is 5.23. The van der Waals surface area contributed by atoms with Gasteiger partial charge in [0.2, 0.25) is 0 Å². The summed E-state index contributed by atoms with van der Waals surface area (Å²) in [6.45, 7) is 8.46. The molecule has 0 unspecified atom stereocenters. The lowest BCUT2D eigenvalue weighted by Crippen LogP contribution is -2.12. The molecule has 0 amide bonds. The van der Waals surface area contributed by atoms with Crippen molar-refractivity contribution in [2.75, 3.05) is 13.2 Å². The Morgan fingerprint density at radius 3 is 3.05 bits per heavy atom. The van der Waals surface area contributed by atoms with Crippen molar-refractivity contribution in [3.63, 3.8) is 0 Å². The molecule has 0 spiro atoms. The molecule has 4 heteroatoms. The van der Waals surface area contributed by atoms with Crippen LogP contribution < -0.4 is 5.32 Å². The van der Waals surface area contributed by atoms with Crippen LogP contribution in [0.4, 0.5) is 4.39 Å². The average Bonchev–Trinajstić information content (AvgIpc) is 2.80. The molecule has 0 fully saturated rings. The first-order valence-corrected chi connectivity index (χ1v) is 7.67. The maximum absolute atomic E-state index is 14.1. The molecule has 0 aliphatic heterocycles. The Labute approximate surface area is 123 Å². The summed E-state index contributed by atoms with van der Waals surface area (Å²) in [6.07, 6.45) is 2.64. The van der Waals surface area contributed by atoms with E-state index in [9.17, 15) is 4.39 Å². The van der Waals surface area contributed by atoms with E-state index in [0.29, 0.717) is 18.6 Å². The summed E-state index contributed by atoms with van der Waals surface area (Å²) in [5.74, 6) is -0.163. The zero-order valence-electron chi connectivity index (χ0n) is 11.7. The molecule has 2 rings (SSSR count). The van der Waals surface area contributed by atoms with E-state index in [1.165, 1.54) is 6.07 Å². The molecule has 0 radical (unpaired) electrons. The van der Waals surface area contributed by atoms with Gasteiger partial charge in [-0.2, -0.15) is 0 Å². The number of rotatable bonds is 8. The third-order valence-corrected chi connectivity index (χ3v) is 4.29. The lowest BCUT2D eigenvalue weighted by atomic mass is 10.1. The van der Waals surface area contributed by atoms with E-state index in [4.69, 9.17) is 4.74 Å². The van der Waals surface area contributed by atoms with E-state index in [1.54, 1.807) is 17.4 Å². The van der Waals surface area contributed by atoms with Gasteiger partial charge in [0.05, 0.1) is 13.2 Å². The number of benzene rings is 1.